The van der Waals surface area contributed by atoms with Crippen molar-refractivity contribution in [1.29, 1.82) is 0 Å². The number of thioether (sulfide) groups is 1. The van der Waals surface area contributed by atoms with Gasteiger partial charge in [-0.3, -0.25) is 11.3 Å². The van der Waals surface area contributed by atoms with Crippen LogP contribution >= 0.6 is 11.8 Å². The molecular formula is C11H18N2S. The number of hydrazine groups is 1. The normalized spacial score (nSPS) is 12.7. The van der Waals surface area contributed by atoms with E-state index in [1.807, 2.05) is 17.8 Å². The maximum Gasteiger partial charge on any atom is 0.0258 e. The van der Waals surface area contributed by atoms with Crippen molar-refractivity contribution in [3.05, 3.63) is 35.9 Å². The van der Waals surface area contributed by atoms with Crippen LogP contribution in [0, 0.1) is 0 Å². The summed E-state index contributed by atoms with van der Waals surface area (Å²) in [6.45, 7) is 0. The lowest BCUT2D eigenvalue weighted by Crippen LogP contribution is -2.37. The molecule has 1 unspecified atom stereocenters. The highest BCUT2D eigenvalue weighted by atomic mass is 32.2. The maximum absolute atomic E-state index is 5.50. The van der Waals surface area contributed by atoms with Crippen molar-refractivity contribution in [2.24, 2.45) is 5.84 Å². The molecular weight excluding hydrogens is 192 g/mol. The number of rotatable bonds is 6. The first-order chi connectivity index (χ1) is 6.86. The Bertz CT molecular complexity index is 238. The van der Waals surface area contributed by atoms with Crippen molar-refractivity contribution in [3.8, 4) is 0 Å². The van der Waals surface area contributed by atoms with Crippen LogP contribution in [0.2, 0.25) is 0 Å². The molecule has 0 aliphatic heterocycles. The third-order valence-corrected chi connectivity index (χ3v) is 2.88. The highest BCUT2D eigenvalue weighted by molar-refractivity contribution is 7.98. The molecule has 78 valence electrons. The first-order valence-corrected chi connectivity index (χ1v) is 6.25. The van der Waals surface area contributed by atoms with Crippen LogP contribution in [-0.4, -0.2) is 18.1 Å². The zero-order valence-corrected chi connectivity index (χ0v) is 9.39. The van der Waals surface area contributed by atoms with E-state index in [1.54, 1.807) is 0 Å². The van der Waals surface area contributed by atoms with Gasteiger partial charge in [0.25, 0.3) is 0 Å². The summed E-state index contributed by atoms with van der Waals surface area (Å²) in [6.07, 6.45) is 4.25. The summed E-state index contributed by atoms with van der Waals surface area (Å²) in [5.74, 6) is 6.66. The monoisotopic (exact) mass is 210 g/mol. The minimum atomic E-state index is 0.393. The van der Waals surface area contributed by atoms with E-state index in [0.29, 0.717) is 6.04 Å². The van der Waals surface area contributed by atoms with E-state index in [0.717, 1.165) is 18.6 Å². The van der Waals surface area contributed by atoms with Crippen LogP contribution in [-0.2, 0) is 6.42 Å². The Morgan fingerprint density at radius 1 is 1.36 bits per heavy atom. The third-order valence-electron chi connectivity index (χ3n) is 2.23. The molecule has 3 heteroatoms. The van der Waals surface area contributed by atoms with E-state index in [-0.39, 0.29) is 0 Å². The van der Waals surface area contributed by atoms with E-state index in [9.17, 15) is 0 Å². The zero-order valence-electron chi connectivity index (χ0n) is 8.57. The quantitative estimate of drug-likeness (QED) is 0.555. The molecule has 3 N–H and O–H groups in total. The van der Waals surface area contributed by atoms with Gasteiger partial charge in [0.1, 0.15) is 0 Å². The van der Waals surface area contributed by atoms with Gasteiger partial charge in [0.05, 0.1) is 0 Å². The minimum Gasteiger partial charge on any atom is -0.271 e. The first-order valence-electron chi connectivity index (χ1n) is 4.86. The van der Waals surface area contributed by atoms with Crippen LogP contribution in [0.1, 0.15) is 12.0 Å². The predicted molar refractivity (Wildman–Crippen MR) is 64.3 cm³/mol. The lowest BCUT2D eigenvalue weighted by atomic mass is 10.0. The number of benzene rings is 1. The average Bonchev–Trinajstić information content (AvgIpc) is 2.25. The molecule has 1 rings (SSSR count). The van der Waals surface area contributed by atoms with Crippen LogP contribution in [0.15, 0.2) is 30.3 Å². The topological polar surface area (TPSA) is 38.0 Å². The lowest BCUT2D eigenvalue weighted by Gasteiger charge is -2.14. The molecule has 0 heterocycles. The van der Waals surface area contributed by atoms with E-state index < -0.39 is 0 Å². The second-order valence-corrected chi connectivity index (χ2v) is 4.32. The van der Waals surface area contributed by atoms with Gasteiger partial charge in [0, 0.05) is 6.04 Å². The third kappa shape index (κ3) is 4.13. The molecule has 0 saturated heterocycles. The smallest absolute Gasteiger partial charge is 0.0258 e. The Morgan fingerprint density at radius 2 is 2.07 bits per heavy atom. The zero-order chi connectivity index (χ0) is 10.2. The molecule has 0 aromatic heterocycles. The van der Waals surface area contributed by atoms with Crippen LogP contribution in [0.4, 0.5) is 0 Å². The maximum atomic E-state index is 5.50. The molecule has 0 aliphatic rings. The number of nitrogens with two attached hydrogens (primary N) is 1. The Morgan fingerprint density at radius 3 is 2.64 bits per heavy atom. The summed E-state index contributed by atoms with van der Waals surface area (Å²) >= 11 is 1.86. The van der Waals surface area contributed by atoms with Gasteiger partial charge in [0.2, 0.25) is 0 Å². The molecule has 1 atom stereocenters. The highest BCUT2D eigenvalue weighted by Gasteiger charge is 2.06. The van der Waals surface area contributed by atoms with Crippen LogP contribution < -0.4 is 11.3 Å². The summed E-state index contributed by atoms with van der Waals surface area (Å²) in [6, 6.07) is 10.8. The van der Waals surface area contributed by atoms with Crippen LogP contribution in [0.3, 0.4) is 0 Å². The fourth-order valence-electron chi connectivity index (χ4n) is 1.40. The van der Waals surface area contributed by atoms with Gasteiger partial charge in [-0.15, -0.1) is 0 Å². The SMILES string of the molecule is CSCCC(Cc1ccccc1)NN. The van der Waals surface area contributed by atoms with Crippen molar-refractivity contribution >= 4 is 11.8 Å². The van der Waals surface area contributed by atoms with Gasteiger partial charge in [-0.2, -0.15) is 11.8 Å². The van der Waals surface area contributed by atoms with E-state index >= 15 is 0 Å². The predicted octanol–water partition coefficient (Wildman–Crippen LogP) is 1.81. The van der Waals surface area contributed by atoms with Gasteiger partial charge in [-0.25, -0.2) is 0 Å². The lowest BCUT2D eigenvalue weighted by molar-refractivity contribution is 0.514. The average molecular weight is 210 g/mol. The van der Waals surface area contributed by atoms with E-state index in [2.05, 4.69) is 35.9 Å². The molecule has 14 heavy (non-hydrogen) atoms. The van der Waals surface area contributed by atoms with Crippen molar-refractivity contribution in [3.63, 3.8) is 0 Å². The molecule has 0 amide bonds. The second kappa shape index (κ2) is 6.87. The van der Waals surface area contributed by atoms with Crippen molar-refractivity contribution < 1.29 is 0 Å². The molecule has 1 aromatic carbocycles. The van der Waals surface area contributed by atoms with Gasteiger partial charge in [-0.1, -0.05) is 30.3 Å². The highest BCUT2D eigenvalue weighted by Crippen LogP contribution is 2.07. The van der Waals surface area contributed by atoms with E-state index in [1.165, 1.54) is 5.56 Å². The Kier molecular flexibility index (Phi) is 5.68. The Hall–Kier alpha value is -0.510. The largest absolute Gasteiger partial charge is 0.271 e. The summed E-state index contributed by atoms with van der Waals surface area (Å²) in [5, 5.41) is 0. The van der Waals surface area contributed by atoms with Gasteiger partial charge in [0.15, 0.2) is 0 Å². The van der Waals surface area contributed by atoms with Gasteiger partial charge >= 0.3 is 0 Å². The molecule has 0 saturated carbocycles. The molecule has 0 fully saturated rings. The molecule has 0 spiro atoms. The molecule has 2 nitrogen and oxygen atoms in total. The summed E-state index contributed by atoms with van der Waals surface area (Å²) in [7, 11) is 0. The fourth-order valence-corrected chi connectivity index (χ4v) is 1.92. The van der Waals surface area contributed by atoms with E-state index in [4.69, 9.17) is 5.84 Å². The van der Waals surface area contributed by atoms with Crippen molar-refractivity contribution in [1.82, 2.24) is 5.43 Å². The number of nitrogens with one attached hydrogen (secondary N) is 1. The summed E-state index contributed by atoms with van der Waals surface area (Å²) in [4.78, 5) is 0. The minimum absolute atomic E-state index is 0.393. The second-order valence-electron chi connectivity index (χ2n) is 3.33. The van der Waals surface area contributed by atoms with Crippen molar-refractivity contribution in [2.75, 3.05) is 12.0 Å². The molecule has 0 radical (unpaired) electrons. The number of hydrogen-bond acceptors (Lipinski definition) is 3. The Balaban J connectivity index is 2.40. The summed E-state index contributed by atoms with van der Waals surface area (Å²) < 4.78 is 0. The van der Waals surface area contributed by atoms with Gasteiger partial charge in [-0.05, 0) is 30.4 Å². The van der Waals surface area contributed by atoms with Crippen molar-refractivity contribution in [2.45, 2.75) is 18.9 Å². The van der Waals surface area contributed by atoms with Gasteiger partial charge < -0.3 is 0 Å². The molecule has 1 aromatic rings. The Labute approximate surface area is 90.2 Å². The fraction of sp³-hybridized carbons (Fsp3) is 0.455. The number of hydrogen-bond donors (Lipinski definition) is 2. The molecule has 0 bridgehead atoms. The van der Waals surface area contributed by atoms with Crippen LogP contribution in [0.5, 0.6) is 0 Å². The standard InChI is InChI=1S/C11H18N2S/c1-14-8-7-11(13-12)9-10-5-3-2-4-6-10/h2-6,11,13H,7-9,12H2,1H3. The first kappa shape index (κ1) is 11.6. The molecule has 0 aliphatic carbocycles. The summed E-state index contributed by atoms with van der Waals surface area (Å²) in [5.41, 5.74) is 4.22. The van der Waals surface area contributed by atoms with Crippen LogP contribution in [0.25, 0.3) is 0 Å².